The summed E-state index contributed by atoms with van der Waals surface area (Å²) < 4.78 is 0. The molecule has 0 spiro atoms. The van der Waals surface area contributed by atoms with Gasteiger partial charge in [0.25, 0.3) is 0 Å². The number of hydrogen-bond donors (Lipinski definition) is 0. The molecule has 0 fully saturated rings. The van der Waals surface area contributed by atoms with Crippen LogP contribution in [0, 0.1) is 11.3 Å². The highest BCUT2D eigenvalue weighted by Gasteiger charge is 2.18. The molecule has 45 heavy (non-hydrogen) atoms. The van der Waals surface area contributed by atoms with Crippen LogP contribution < -0.4 is 0 Å². The lowest BCUT2D eigenvalue weighted by Crippen LogP contribution is -2.13. The lowest BCUT2D eigenvalue weighted by atomic mass is 9.80. The van der Waals surface area contributed by atoms with Crippen LogP contribution in [-0.4, -0.2) is 0 Å². The fourth-order valence-corrected chi connectivity index (χ4v) is 7.11. The molecular formula is C45H88. The lowest BCUT2D eigenvalue weighted by molar-refractivity contribution is 0.259. The van der Waals surface area contributed by atoms with Crippen LogP contribution in [0.2, 0.25) is 0 Å². The van der Waals surface area contributed by atoms with Crippen molar-refractivity contribution in [3.63, 3.8) is 0 Å². The van der Waals surface area contributed by atoms with Gasteiger partial charge >= 0.3 is 0 Å². The van der Waals surface area contributed by atoms with Gasteiger partial charge in [-0.05, 0) is 69.1 Å². The largest absolute Gasteiger partial charge is 0.0885 e. The van der Waals surface area contributed by atoms with E-state index < -0.39 is 0 Å². The smallest absolute Gasteiger partial charge is 0.0351 e. The minimum Gasteiger partial charge on any atom is -0.0885 e. The van der Waals surface area contributed by atoms with Gasteiger partial charge in [-0.2, -0.15) is 0 Å². The number of rotatable bonds is 36. The molecule has 0 N–H and O–H groups in total. The van der Waals surface area contributed by atoms with Crippen molar-refractivity contribution in [2.75, 3.05) is 0 Å². The van der Waals surface area contributed by atoms with E-state index in [4.69, 9.17) is 0 Å². The Morgan fingerprint density at radius 2 is 0.578 bits per heavy atom. The van der Waals surface area contributed by atoms with Crippen LogP contribution in [0.4, 0.5) is 0 Å². The highest BCUT2D eigenvalue weighted by atomic mass is 14.2. The Kier molecular flexibility index (Phi) is 35.9. The maximum Gasteiger partial charge on any atom is -0.0351 e. The van der Waals surface area contributed by atoms with Crippen molar-refractivity contribution in [3.05, 3.63) is 24.3 Å². The second kappa shape index (κ2) is 36.3. The van der Waals surface area contributed by atoms with E-state index in [9.17, 15) is 0 Å². The average molecular weight is 629 g/mol. The van der Waals surface area contributed by atoms with Crippen molar-refractivity contribution >= 4 is 0 Å². The van der Waals surface area contributed by atoms with E-state index in [0.717, 1.165) is 5.92 Å². The second-order valence-electron chi connectivity index (χ2n) is 16.1. The van der Waals surface area contributed by atoms with E-state index >= 15 is 0 Å². The van der Waals surface area contributed by atoms with Gasteiger partial charge < -0.3 is 0 Å². The maximum absolute atomic E-state index is 2.46. The van der Waals surface area contributed by atoms with E-state index in [2.05, 4.69) is 58.9 Å². The van der Waals surface area contributed by atoms with Crippen LogP contribution in [0.25, 0.3) is 0 Å². The van der Waals surface area contributed by atoms with Crippen LogP contribution in [0.3, 0.4) is 0 Å². The summed E-state index contributed by atoms with van der Waals surface area (Å²) >= 11 is 0. The number of unbranched alkanes of at least 4 members (excludes halogenated alkanes) is 27. The Morgan fingerprint density at radius 3 is 0.844 bits per heavy atom. The summed E-state index contributed by atoms with van der Waals surface area (Å²) in [5, 5.41) is 0. The average Bonchev–Trinajstić information content (AvgIpc) is 3.01. The van der Waals surface area contributed by atoms with Gasteiger partial charge in [0.05, 0.1) is 0 Å². The second-order valence-corrected chi connectivity index (χ2v) is 16.1. The zero-order chi connectivity index (χ0) is 32.9. The zero-order valence-electron chi connectivity index (χ0n) is 32.4. The summed E-state index contributed by atoms with van der Waals surface area (Å²) in [6, 6.07) is 0. The Morgan fingerprint density at radius 1 is 0.333 bits per heavy atom. The van der Waals surface area contributed by atoms with Crippen LogP contribution in [0.1, 0.15) is 253 Å². The molecule has 0 aromatic carbocycles. The van der Waals surface area contributed by atoms with Gasteiger partial charge in [0, 0.05) is 0 Å². The first-order valence-electron chi connectivity index (χ1n) is 21.3. The summed E-state index contributed by atoms with van der Waals surface area (Å²) in [5.41, 5.74) is 0.483. The van der Waals surface area contributed by atoms with Gasteiger partial charge in [0.1, 0.15) is 0 Å². The van der Waals surface area contributed by atoms with Crippen molar-refractivity contribution in [3.8, 4) is 0 Å². The third-order valence-corrected chi connectivity index (χ3v) is 9.90. The summed E-state index contributed by atoms with van der Waals surface area (Å²) in [6.07, 6.45) is 58.2. The first kappa shape index (κ1) is 44.5. The molecule has 268 valence electrons. The quantitative estimate of drug-likeness (QED) is 0.0478. The van der Waals surface area contributed by atoms with E-state index in [1.807, 2.05) is 0 Å². The van der Waals surface area contributed by atoms with Crippen LogP contribution in [0.5, 0.6) is 0 Å². The highest BCUT2D eigenvalue weighted by Crippen LogP contribution is 2.31. The monoisotopic (exact) mass is 629 g/mol. The fraction of sp³-hybridized carbons (Fsp3) is 0.911. The van der Waals surface area contributed by atoms with Crippen molar-refractivity contribution in [2.24, 2.45) is 11.3 Å². The van der Waals surface area contributed by atoms with Gasteiger partial charge in [-0.25, -0.2) is 0 Å². The molecule has 0 bridgehead atoms. The third kappa shape index (κ3) is 39.6. The molecule has 0 aromatic heterocycles. The van der Waals surface area contributed by atoms with Crippen LogP contribution >= 0.6 is 0 Å². The summed E-state index contributed by atoms with van der Waals surface area (Å²) in [5.74, 6) is 0.960. The Hall–Kier alpha value is -0.520. The number of hydrogen-bond acceptors (Lipinski definition) is 0. The van der Waals surface area contributed by atoms with E-state index in [-0.39, 0.29) is 0 Å². The molecule has 0 aliphatic carbocycles. The molecule has 1 atom stereocenters. The summed E-state index contributed by atoms with van der Waals surface area (Å²) in [6.45, 7) is 12.0. The fourth-order valence-electron chi connectivity index (χ4n) is 7.11. The predicted molar refractivity (Wildman–Crippen MR) is 210 cm³/mol. The molecule has 0 saturated carbocycles. The molecule has 0 aliphatic rings. The zero-order valence-corrected chi connectivity index (χ0v) is 32.4. The van der Waals surface area contributed by atoms with Crippen molar-refractivity contribution in [1.29, 1.82) is 0 Å². The van der Waals surface area contributed by atoms with E-state index in [1.165, 1.54) is 218 Å². The SMILES string of the molecule is CCCCCCCC/C=C\CCCCCCCCCCC(CCCCCCCCC/C=C\CCCCCCCC)CC(C)(C)C. The first-order chi connectivity index (χ1) is 22.0. The van der Waals surface area contributed by atoms with Crippen molar-refractivity contribution < 1.29 is 0 Å². The van der Waals surface area contributed by atoms with Gasteiger partial charge in [-0.3, -0.25) is 0 Å². The Balaban J connectivity index is 3.63. The van der Waals surface area contributed by atoms with Gasteiger partial charge in [0.2, 0.25) is 0 Å². The minimum absolute atomic E-state index is 0.483. The lowest BCUT2D eigenvalue weighted by Gasteiger charge is -2.26. The molecule has 0 heteroatoms. The molecule has 0 saturated heterocycles. The molecular weight excluding hydrogens is 540 g/mol. The molecule has 0 radical (unpaired) electrons. The van der Waals surface area contributed by atoms with Gasteiger partial charge in [0.15, 0.2) is 0 Å². The van der Waals surface area contributed by atoms with Crippen LogP contribution in [0.15, 0.2) is 24.3 Å². The Labute approximate surface area is 287 Å². The van der Waals surface area contributed by atoms with Gasteiger partial charge in [-0.1, -0.05) is 219 Å². The normalized spacial score (nSPS) is 13.1. The molecule has 0 rings (SSSR count). The van der Waals surface area contributed by atoms with Crippen molar-refractivity contribution in [1.82, 2.24) is 0 Å². The molecule has 0 nitrogen and oxygen atoms in total. The van der Waals surface area contributed by atoms with Crippen molar-refractivity contribution in [2.45, 2.75) is 253 Å². The van der Waals surface area contributed by atoms with E-state index in [1.54, 1.807) is 0 Å². The molecule has 0 aromatic rings. The molecule has 1 unspecified atom stereocenters. The van der Waals surface area contributed by atoms with Gasteiger partial charge in [-0.15, -0.1) is 0 Å². The summed E-state index contributed by atoms with van der Waals surface area (Å²) in [4.78, 5) is 0. The Bertz CT molecular complexity index is 590. The topological polar surface area (TPSA) is 0 Å². The standard InChI is InChI=1S/C45H88/c1-6-8-10-12-14-16-18-20-22-24-26-28-30-32-34-36-38-40-42-44(43-45(3,4)5)41-39-37-35-33-31-29-27-25-23-21-19-17-15-13-11-9-7-2/h20-23,44H,6-19,24-43H2,1-5H3/b22-20-,23-21-. The molecule has 0 amide bonds. The maximum atomic E-state index is 2.46. The van der Waals surface area contributed by atoms with E-state index in [0.29, 0.717) is 5.41 Å². The van der Waals surface area contributed by atoms with Crippen LogP contribution in [-0.2, 0) is 0 Å². The third-order valence-electron chi connectivity index (χ3n) is 9.90. The predicted octanol–water partition coefficient (Wildman–Crippen LogP) is 17.1. The minimum atomic E-state index is 0.483. The summed E-state index contributed by atoms with van der Waals surface area (Å²) in [7, 11) is 0. The first-order valence-corrected chi connectivity index (χ1v) is 21.3. The molecule has 0 heterocycles. The highest BCUT2D eigenvalue weighted by molar-refractivity contribution is 4.82. The molecule has 0 aliphatic heterocycles. The number of allylic oxidation sites excluding steroid dienone is 4.